The molecule has 0 saturated carbocycles. The minimum atomic E-state index is -0.522. The molecule has 0 unspecified atom stereocenters. The first-order valence-electron chi connectivity index (χ1n) is 8.09. The number of hydrogen-bond donors (Lipinski definition) is 0. The molecule has 0 fully saturated rings. The summed E-state index contributed by atoms with van der Waals surface area (Å²) in [6, 6.07) is 13.3. The number of benzene rings is 1. The van der Waals surface area contributed by atoms with Gasteiger partial charge in [0.2, 0.25) is 0 Å². The van der Waals surface area contributed by atoms with Gasteiger partial charge in [-0.2, -0.15) is 5.06 Å². The number of para-hydroxylation sites is 1. The second-order valence-electron chi connectivity index (χ2n) is 4.35. The quantitative estimate of drug-likeness (QED) is 0.749. The highest BCUT2D eigenvalue weighted by Crippen LogP contribution is 2.22. The SMILES string of the molecule is CC.CCCc1ccccc1N(OC)C(=O)OC.c1ccncc1. The van der Waals surface area contributed by atoms with Crippen molar-refractivity contribution in [1.29, 1.82) is 0 Å². The predicted octanol–water partition coefficient (Wildman–Crippen LogP) is 4.88. The van der Waals surface area contributed by atoms with E-state index in [0.29, 0.717) is 0 Å². The van der Waals surface area contributed by atoms with E-state index in [-0.39, 0.29) is 0 Å². The molecule has 5 nitrogen and oxygen atoms in total. The first-order chi connectivity index (χ1) is 11.7. The number of rotatable bonds is 4. The van der Waals surface area contributed by atoms with Gasteiger partial charge < -0.3 is 4.74 Å². The molecule has 0 spiro atoms. The van der Waals surface area contributed by atoms with Crippen molar-refractivity contribution in [3.63, 3.8) is 0 Å². The third-order valence-electron chi connectivity index (χ3n) is 2.82. The Bertz CT molecular complexity index is 521. The number of aromatic nitrogens is 1. The number of carbonyl (C=O) groups excluding carboxylic acids is 1. The molecule has 0 bridgehead atoms. The van der Waals surface area contributed by atoms with E-state index in [1.165, 1.54) is 14.2 Å². The van der Waals surface area contributed by atoms with E-state index in [9.17, 15) is 4.79 Å². The van der Waals surface area contributed by atoms with Crippen LogP contribution in [0.25, 0.3) is 0 Å². The van der Waals surface area contributed by atoms with E-state index >= 15 is 0 Å². The van der Waals surface area contributed by atoms with Crippen molar-refractivity contribution in [2.45, 2.75) is 33.6 Å². The molecule has 1 aromatic heterocycles. The zero-order chi connectivity index (χ0) is 18.2. The number of hydrogen-bond acceptors (Lipinski definition) is 4. The van der Waals surface area contributed by atoms with Crippen LogP contribution in [-0.2, 0) is 16.0 Å². The molecule has 0 aliphatic rings. The standard InChI is InChI=1S/C12H17NO3.C5H5N.C2H6/c1-4-7-10-8-5-6-9-11(10)13(16-3)12(14)15-2;1-2-4-6-5-3-1;1-2/h5-6,8-9H,4,7H2,1-3H3;1-5H;1-2H3. The van der Waals surface area contributed by atoms with Crippen molar-refractivity contribution in [1.82, 2.24) is 4.98 Å². The zero-order valence-corrected chi connectivity index (χ0v) is 15.2. The number of carbonyl (C=O) groups is 1. The average molecular weight is 332 g/mol. The van der Waals surface area contributed by atoms with Crippen molar-refractivity contribution < 1.29 is 14.4 Å². The summed E-state index contributed by atoms with van der Waals surface area (Å²) in [7, 11) is 2.77. The number of anilines is 1. The first-order valence-corrected chi connectivity index (χ1v) is 8.09. The topological polar surface area (TPSA) is 51.7 Å². The Morgan fingerprint density at radius 2 is 1.67 bits per heavy atom. The molecule has 1 heterocycles. The maximum Gasteiger partial charge on any atom is 0.438 e. The second-order valence-corrected chi connectivity index (χ2v) is 4.35. The lowest BCUT2D eigenvalue weighted by atomic mass is 10.1. The fraction of sp³-hybridized carbons (Fsp3) is 0.368. The van der Waals surface area contributed by atoms with Gasteiger partial charge in [0.1, 0.15) is 0 Å². The summed E-state index contributed by atoms with van der Waals surface area (Å²) < 4.78 is 4.65. The smallest absolute Gasteiger partial charge is 0.438 e. The number of hydroxylamine groups is 1. The highest BCUT2D eigenvalue weighted by atomic mass is 16.7. The summed E-state index contributed by atoms with van der Waals surface area (Å²) in [4.78, 5) is 20.3. The molecule has 2 aromatic rings. The second kappa shape index (κ2) is 14.2. The third kappa shape index (κ3) is 7.74. The molecule has 2 rings (SSSR count). The van der Waals surface area contributed by atoms with E-state index < -0.39 is 6.09 Å². The van der Waals surface area contributed by atoms with Crippen LogP contribution < -0.4 is 5.06 Å². The largest absolute Gasteiger partial charge is 0.451 e. The van der Waals surface area contributed by atoms with Crippen LogP contribution in [0.1, 0.15) is 32.8 Å². The van der Waals surface area contributed by atoms with Crippen molar-refractivity contribution >= 4 is 11.8 Å². The fourth-order valence-electron chi connectivity index (χ4n) is 1.86. The number of nitrogens with zero attached hydrogens (tertiary/aromatic N) is 2. The Kier molecular flexibility index (Phi) is 12.8. The van der Waals surface area contributed by atoms with Gasteiger partial charge in [0.05, 0.1) is 19.9 Å². The molecule has 0 atom stereocenters. The van der Waals surface area contributed by atoms with Gasteiger partial charge in [0.25, 0.3) is 0 Å². The van der Waals surface area contributed by atoms with Crippen LogP contribution in [0.3, 0.4) is 0 Å². The number of amides is 1. The van der Waals surface area contributed by atoms with E-state index in [4.69, 9.17) is 4.84 Å². The Labute approximate surface area is 145 Å². The number of methoxy groups -OCH3 is 1. The van der Waals surface area contributed by atoms with Crippen molar-refractivity contribution in [2.75, 3.05) is 19.3 Å². The lowest BCUT2D eigenvalue weighted by molar-refractivity contribution is 0.115. The summed E-state index contributed by atoms with van der Waals surface area (Å²) >= 11 is 0. The lowest BCUT2D eigenvalue weighted by Crippen LogP contribution is -2.30. The minimum Gasteiger partial charge on any atom is -0.451 e. The Hall–Kier alpha value is -2.40. The van der Waals surface area contributed by atoms with Crippen LogP contribution >= 0.6 is 0 Å². The van der Waals surface area contributed by atoms with Gasteiger partial charge in [-0.05, 0) is 30.2 Å². The molecule has 24 heavy (non-hydrogen) atoms. The number of aryl methyl sites for hydroxylation is 1. The molecule has 132 valence electrons. The molecule has 5 heteroatoms. The van der Waals surface area contributed by atoms with Gasteiger partial charge in [0, 0.05) is 12.4 Å². The van der Waals surface area contributed by atoms with Gasteiger partial charge in [-0.15, -0.1) is 0 Å². The molecule has 0 N–H and O–H groups in total. The molecule has 0 aliphatic heterocycles. The summed E-state index contributed by atoms with van der Waals surface area (Å²) in [5.41, 5.74) is 1.80. The zero-order valence-electron chi connectivity index (χ0n) is 15.2. The third-order valence-corrected chi connectivity index (χ3v) is 2.82. The molecular weight excluding hydrogens is 304 g/mol. The van der Waals surface area contributed by atoms with E-state index in [1.54, 1.807) is 12.4 Å². The normalized spacial score (nSPS) is 8.88. The highest BCUT2D eigenvalue weighted by molar-refractivity contribution is 5.86. The van der Waals surface area contributed by atoms with Gasteiger partial charge in [-0.3, -0.25) is 9.82 Å². The van der Waals surface area contributed by atoms with Crippen LogP contribution in [0.2, 0.25) is 0 Å². The van der Waals surface area contributed by atoms with Crippen LogP contribution in [0, 0.1) is 0 Å². The average Bonchev–Trinajstić information content (AvgIpc) is 2.67. The van der Waals surface area contributed by atoms with Crippen LogP contribution in [0.4, 0.5) is 10.5 Å². The Morgan fingerprint density at radius 3 is 2.08 bits per heavy atom. The molecule has 0 radical (unpaired) electrons. The maximum absolute atomic E-state index is 11.5. The summed E-state index contributed by atoms with van der Waals surface area (Å²) in [5, 5.41) is 1.16. The van der Waals surface area contributed by atoms with Gasteiger partial charge in [-0.1, -0.05) is 51.5 Å². The van der Waals surface area contributed by atoms with Crippen LogP contribution in [0.5, 0.6) is 0 Å². The first kappa shape index (κ1) is 21.6. The highest BCUT2D eigenvalue weighted by Gasteiger charge is 2.18. The number of pyridine rings is 1. The fourth-order valence-corrected chi connectivity index (χ4v) is 1.86. The lowest BCUT2D eigenvalue weighted by Gasteiger charge is -2.20. The maximum atomic E-state index is 11.5. The van der Waals surface area contributed by atoms with E-state index in [1.807, 2.05) is 56.3 Å². The molecule has 0 saturated heterocycles. The number of ether oxygens (including phenoxy) is 1. The summed E-state index contributed by atoms with van der Waals surface area (Å²) in [6.07, 6.45) is 4.88. The summed E-state index contributed by atoms with van der Waals surface area (Å²) in [6.45, 7) is 6.09. The van der Waals surface area contributed by atoms with E-state index in [2.05, 4.69) is 16.6 Å². The Morgan fingerprint density at radius 1 is 1.04 bits per heavy atom. The summed E-state index contributed by atoms with van der Waals surface area (Å²) in [5.74, 6) is 0. The molecule has 1 aromatic carbocycles. The Balaban J connectivity index is 0.000000547. The van der Waals surface area contributed by atoms with Gasteiger partial charge >= 0.3 is 6.09 Å². The molecule has 1 amide bonds. The molecular formula is C19H28N2O3. The van der Waals surface area contributed by atoms with Crippen molar-refractivity contribution in [2.24, 2.45) is 0 Å². The minimum absolute atomic E-state index is 0.522. The van der Waals surface area contributed by atoms with Crippen LogP contribution in [0.15, 0.2) is 54.9 Å². The van der Waals surface area contributed by atoms with Crippen molar-refractivity contribution in [3.8, 4) is 0 Å². The molecule has 0 aliphatic carbocycles. The van der Waals surface area contributed by atoms with E-state index in [0.717, 1.165) is 29.2 Å². The van der Waals surface area contributed by atoms with Gasteiger partial charge in [0.15, 0.2) is 0 Å². The van der Waals surface area contributed by atoms with Crippen molar-refractivity contribution in [3.05, 3.63) is 60.4 Å². The predicted molar refractivity (Wildman–Crippen MR) is 97.9 cm³/mol. The van der Waals surface area contributed by atoms with Crippen LogP contribution in [-0.4, -0.2) is 25.3 Å². The van der Waals surface area contributed by atoms with Gasteiger partial charge in [-0.25, -0.2) is 4.79 Å². The monoisotopic (exact) mass is 332 g/mol.